The summed E-state index contributed by atoms with van der Waals surface area (Å²) in [5.74, 6) is 0. The van der Waals surface area contributed by atoms with Gasteiger partial charge in [-0.3, -0.25) is 0 Å². The van der Waals surface area contributed by atoms with E-state index >= 15 is 0 Å². The molecule has 0 heterocycles. The molecule has 0 aromatic heterocycles. The molecule has 2 heteroatoms. The van der Waals surface area contributed by atoms with E-state index in [4.69, 9.17) is 0 Å². The van der Waals surface area contributed by atoms with Crippen molar-refractivity contribution in [3.8, 4) is 0 Å². The summed E-state index contributed by atoms with van der Waals surface area (Å²) in [6, 6.07) is 36.5. The molecular weight excluding hydrogens is 412 g/mol. The average Bonchev–Trinajstić information content (AvgIpc) is 2.88. The molecule has 0 aliphatic heterocycles. The standard InChI is InChI=1S/C27H26N2.C5H10/c1-21-9-13-25(14-10-21)29(26-15-11-22(2)12-16-26)27-19-17-24(18-20-27)28(3)23-7-5-4-6-8-23;1-3-5-4-2/h4-20H,1-3H3;3,5H,4H2,1-2H3/b;5-3-. The van der Waals surface area contributed by atoms with Gasteiger partial charge in [0, 0.05) is 35.5 Å². The zero-order chi connectivity index (χ0) is 24.3. The monoisotopic (exact) mass is 448 g/mol. The van der Waals surface area contributed by atoms with Gasteiger partial charge in [0.25, 0.3) is 0 Å². The Morgan fingerprint density at radius 2 is 0.941 bits per heavy atom. The lowest BCUT2D eigenvalue weighted by atomic mass is 10.1. The highest BCUT2D eigenvalue weighted by molar-refractivity contribution is 5.78. The normalized spacial score (nSPS) is 10.5. The zero-order valence-electron chi connectivity index (χ0n) is 21.1. The summed E-state index contributed by atoms with van der Waals surface area (Å²) in [6.07, 6.45) is 5.34. The summed E-state index contributed by atoms with van der Waals surface area (Å²) in [5, 5.41) is 0. The first-order chi connectivity index (χ1) is 16.5. The topological polar surface area (TPSA) is 6.48 Å². The molecule has 4 aromatic carbocycles. The molecule has 0 bridgehead atoms. The van der Waals surface area contributed by atoms with Crippen LogP contribution in [0.4, 0.5) is 28.4 Å². The van der Waals surface area contributed by atoms with E-state index in [1.807, 2.05) is 13.0 Å². The van der Waals surface area contributed by atoms with Gasteiger partial charge >= 0.3 is 0 Å². The number of anilines is 5. The fourth-order valence-electron chi connectivity index (χ4n) is 3.70. The number of hydrogen-bond acceptors (Lipinski definition) is 2. The minimum atomic E-state index is 1.14. The molecule has 0 amide bonds. The van der Waals surface area contributed by atoms with E-state index in [0.29, 0.717) is 0 Å². The fourth-order valence-corrected chi connectivity index (χ4v) is 3.70. The highest BCUT2D eigenvalue weighted by Gasteiger charge is 2.13. The first-order valence-corrected chi connectivity index (χ1v) is 12.0. The third-order valence-electron chi connectivity index (χ3n) is 5.69. The van der Waals surface area contributed by atoms with Crippen molar-refractivity contribution in [1.82, 2.24) is 0 Å². The van der Waals surface area contributed by atoms with E-state index in [0.717, 1.165) is 29.2 Å². The van der Waals surface area contributed by atoms with Crippen molar-refractivity contribution in [2.75, 3.05) is 16.8 Å². The molecule has 0 saturated heterocycles. The van der Waals surface area contributed by atoms with E-state index in [9.17, 15) is 0 Å². The van der Waals surface area contributed by atoms with Crippen molar-refractivity contribution in [3.05, 3.63) is 126 Å². The largest absolute Gasteiger partial charge is 0.345 e. The lowest BCUT2D eigenvalue weighted by molar-refractivity contribution is 1.20. The second-order valence-corrected chi connectivity index (χ2v) is 8.39. The van der Waals surface area contributed by atoms with E-state index in [1.54, 1.807) is 0 Å². The molecule has 0 atom stereocenters. The van der Waals surface area contributed by atoms with Crippen LogP contribution in [0, 0.1) is 13.8 Å². The summed E-state index contributed by atoms with van der Waals surface area (Å²) in [7, 11) is 2.10. The van der Waals surface area contributed by atoms with Gasteiger partial charge < -0.3 is 9.80 Å². The van der Waals surface area contributed by atoms with Crippen LogP contribution in [0.2, 0.25) is 0 Å². The van der Waals surface area contributed by atoms with Crippen LogP contribution in [0.3, 0.4) is 0 Å². The average molecular weight is 449 g/mol. The number of allylic oxidation sites excluding steroid dienone is 2. The summed E-state index contributed by atoms with van der Waals surface area (Å²) >= 11 is 0. The van der Waals surface area contributed by atoms with Crippen LogP contribution < -0.4 is 9.80 Å². The Morgan fingerprint density at radius 3 is 1.32 bits per heavy atom. The van der Waals surface area contributed by atoms with Crippen LogP contribution in [-0.4, -0.2) is 7.05 Å². The van der Waals surface area contributed by atoms with Gasteiger partial charge in [-0.05, 0) is 87.9 Å². The maximum Gasteiger partial charge on any atom is 0.0463 e. The highest BCUT2D eigenvalue weighted by Crippen LogP contribution is 2.36. The first-order valence-electron chi connectivity index (χ1n) is 12.0. The van der Waals surface area contributed by atoms with Gasteiger partial charge in [0.1, 0.15) is 0 Å². The van der Waals surface area contributed by atoms with Crippen LogP contribution in [0.1, 0.15) is 31.4 Å². The van der Waals surface area contributed by atoms with Crippen molar-refractivity contribution < 1.29 is 0 Å². The minimum absolute atomic E-state index is 1.14. The molecule has 4 rings (SSSR count). The zero-order valence-corrected chi connectivity index (χ0v) is 21.1. The number of hydrogen-bond donors (Lipinski definition) is 0. The van der Waals surface area contributed by atoms with Crippen molar-refractivity contribution in [1.29, 1.82) is 0 Å². The van der Waals surface area contributed by atoms with E-state index in [1.165, 1.54) is 16.8 Å². The van der Waals surface area contributed by atoms with Crippen molar-refractivity contribution in [2.45, 2.75) is 34.1 Å². The Morgan fingerprint density at radius 1 is 0.559 bits per heavy atom. The van der Waals surface area contributed by atoms with Crippen molar-refractivity contribution in [3.63, 3.8) is 0 Å². The summed E-state index contributed by atoms with van der Waals surface area (Å²) in [4.78, 5) is 4.50. The van der Waals surface area contributed by atoms with Gasteiger partial charge in [0.05, 0.1) is 0 Å². The Bertz CT molecular complexity index is 1100. The Labute approximate surface area is 205 Å². The maximum absolute atomic E-state index is 2.30. The third kappa shape index (κ3) is 6.62. The Kier molecular flexibility index (Phi) is 9.11. The SMILES string of the molecule is C/C=C\CC.Cc1ccc(N(c2ccc(C)cc2)c2ccc(N(C)c3ccccc3)cc2)cc1. The smallest absolute Gasteiger partial charge is 0.0463 e. The van der Waals surface area contributed by atoms with E-state index < -0.39 is 0 Å². The third-order valence-corrected chi connectivity index (χ3v) is 5.69. The fraction of sp³-hybridized carbons (Fsp3) is 0.188. The molecule has 0 fully saturated rings. The molecule has 0 aliphatic rings. The molecule has 2 nitrogen and oxygen atoms in total. The van der Waals surface area contributed by atoms with Crippen LogP contribution >= 0.6 is 0 Å². The second-order valence-electron chi connectivity index (χ2n) is 8.39. The van der Waals surface area contributed by atoms with Crippen LogP contribution in [0.15, 0.2) is 115 Å². The van der Waals surface area contributed by atoms with Crippen LogP contribution in [-0.2, 0) is 0 Å². The van der Waals surface area contributed by atoms with E-state index in [-0.39, 0.29) is 0 Å². The van der Waals surface area contributed by atoms with Gasteiger partial charge in [0.15, 0.2) is 0 Å². The molecule has 0 aliphatic carbocycles. The predicted octanol–water partition coefficient (Wildman–Crippen LogP) is 9.51. The van der Waals surface area contributed by atoms with Crippen LogP contribution in [0.25, 0.3) is 0 Å². The summed E-state index contributed by atoms with van der Waals surface area (Å²) in [5.41, 5.74) is 8.31. The molecule has 0 N–H and O–H groups in total. The molecule has 34 heavy (non-hydrogen) atoms. The Hall–Kier alpha value is -3.78. The quantitative estimate of drug-likeness (QED) is 0.271. The number of aryl methyl sites for hydroxylation is 2. The first kappa shape index (κ1) is 24.9. The molecule has 0 radical (unpaired) electrons. The minimum Gasteiger partial charge on any atom is -0.345 e. The molecule has 4 aromatic rings. The van der Waals surface area contributed by atoms with Gasteiger partial charge in [-0.25, -0.2) is 0 Å². The number of benzene rings is 4. The number of rotatable bonds is 6. The molecule has 0 spiro atoms. The molecular formula is C32H36N2. The number of para-hydroxylation sites is 1. The molecule has 174 valence electrons. The molecule has 0 unspecified atom stereocenters. The highest BCUT2D eigenvalue weighted by atomic mass is 15.1. The lowest BCUT2D eigenvalue weighted by Gasteiger charge is -2.27. The predicted molar refractivity (Wildman–Crippen MR) is 150 cm³/mol. The van der Waals surface area contributed by atoms with Crippen LogP contribution in [0.5, 0.6) is 0 Å². The van der Waals surface area contributed by atoms with Gasteiger partial charge in [-0.1, -0.05) is 72.7 Å². The van der Waals surface area contributed by atoms with Crippen molar-refractivity contribution in [2.24, 2.45) is 0 Å². The second kappa shape index (κ2) is 12.5. The van der Waals surface area contributed by atoms with Gasteiger partial charge in [0.2, 0.25) is 0 Å². The summed E-state index contributed by atoms with van der Waals surface area (Å²) < 4.78 is 0. The van der Waals surface area contributed by atoms with Crippen molar-refractivity contribution >= 4 is 28.4 Å². The number of nitrogens with zero attached hydrogens (tertiary/aromatic N) is 2. The van der Waals surface area contributed by atoms with E-state index in [2.05, 4.69) is 147 Å². The maximum atomic E-state index is 2.30. The van der Waals surface area contributed by atoms with Gasteiger partial charge in [-0.2, -0.15) is 0 Å². The van der Waals surface area contributed by atoms with Gasteiger partial charge in [-0.15, -0.1) is 0 Å². The summed E-state index contributed by atoms with van der Waals surface area (Å²) in [6.45, 7) is 8.39. The molecule has 0 saturated carbocycles. The lowest BCUT2D eigenvalue weighted by Crippen LogP contribution is -2.11. The Balaban J connectivity index is 0.000000588.